The summed E-state index contributed by atoms with van der Waals surface area (Å²) in [5.41, 5.74) is 1.04. The topological polar surface area (TPSA) is 85.9 Å². The molecular weight excluding hydrogens is 360 g/mol. The van der Waals surface area contributed by atoms with Gasteiger partial charge in [-0.1, -0.05) is 13.8 Å². The molecular formula is C21H24N2O5. The molecule has 28 heavy (non-hydrogen) atoms. The van der Waals surface area contributed by atoms with Crippen molar-refractivity contribution in [2.24, 2.45) is 5.92 Å². The van der Waals surface area contributed by atoms with Gasteiger partial charge in [0.25, 0.3) is 5.91 Å². The fraction of sp³-hybridized carbons (Fsp3) is 0.333. The minimum absolute atomic E-state index is 0.0966. The van der Waals surface area contributed by atoms with Crippen LogP contribution in [0.3, 0.4) is 0 Å². The van der Waals surface area contributed by atoms with Crippen molar-refractivity contribution in [2.45, 2.75) is 26.8 Å². The van der Waals surface area contributed by atoms with Crippen LogP contribution in [-0.2, 0) is 4.79 Å². The predicted octanol–water partition coefficient (Wildman–Crippen LogP) is 3.21. The van der Waals surface area contributed by atoms with Crippen molar-refractivity contribution in [3.63, 3.8) is 0 Å². The number of anilines is 1. The van der Waals surface area contributed by atoms with Gasteiger partial charge in [0.1, 0.15) is 11.8 Å². The van der Waals surface area contributed by atoms with Crippen LogP contribution in [0.25, 0.3) is 0 Å². The van der Waals surface area contributed by atoms with Gasteiger partial charge in [-0.15, -0.1) is 0 Å². The maximum absolute atomic E-state index is 12.7. The molecule has 1 aliphatic heterocycles. The van der Waals surface area contributed by atoms with Crippen LogP contribution in [0, 0.1) is 5.92 Å². The monoisotopic (exact) mass is 384 g/mol. The average molecular weight is 384 g/mol. The molecule has 0 saturated carbocycles. The van der Waals surface area contributed by atoms with Crippen LogP contribution < -0.4 is 24.8 Å². The van der Waals surface area contributed by atoms with Crippen molar-refractivity contribution < 1.29 is 23.8 Å². The van der Waals surface area contributed by atoms with E-state index in [2.05, 4.69) is 10.6 Å². The van der Waals surface area contributed by atoms with E-state index < -0.39 is 6.04 Å². The van der Waals surface area contributed by atoms with Gasteiger partial charge >= 0.3 is 0 Å². The third kappa shape index (κ3) is 4.54. The summed E-state index contributed by atoms with van der Waals surface area (Å²) in [6, 6.07) is 11.3. The summed E-state index contributed by atoms with van der Waals surface area (Å²) in [6.07, 6.45) is 0. The first kappa shape index (κ1) is 19.5. The van der Waals surface area contributed by atoms with Crippen LogP contribution in [0.4, 0.5) is 5.69 Å². The van der Waals surface area contributed by atoms with Crippen molar-refractivity contribution in [3.8, 4) is 17.2 Å². The van der Waals surface area contributed by atoms with Crippen LogP contribution in [0.1, 0.15) is 31.1 Å². The molecule has 2 aromatic carbocycles. The lowest BCUT2D eigenvalue weighted by molar-refractivity contribution is -0.118. The highest BCUT2D eigenvalue weighted by Crippen LogP contribution is 2.34. The number of hydrogen-bond acceptors (Lipinski definition) is 5. The zero-order chi connectivity index (χ0) is 20.1. The number of amides is 2. The fourth-order valence-corrected chi connectivity index (χ4v) is 2.82. The number of carbonyl (C=O) groups excluding carboxylic acids is 2. The summed E-state index contributed by atoms with van der Waals surface area (Å²) in [5, 5.41) is 5.64. The minimum atomic E-state index is -0.690. The molecule has 2 N–H and O–H groups in total. The molecule has 148 valence electrons. The first-order chi connectivity index (χ1) is 13.5. The van der Waals surface area contributed by atoms with Gasteiger partial charge in [-0.2, -0.15) is 0 Å². The predicted molar refractivity (Wildman–Crippen MR) is 105 cm³/mol. The molecule has 3 rings (SSSR count). The van der Waals surface area contributed by atoms with E-state index in [1.807, 2.05) is 20.8 Å². The van der Waals surface area contributed by atoms with E-state index in [0.717, 1.165) is 0 Å². The molecule has 0 saturated heterocycles. The highest BCUT2D eigenvalue weighted by Gasteiger charge is 2.25. The number of benzene rings is 2. The van der Waals surface area contributed by atoms with Crippen LogP contribution in [0.5, 0.6) is 17.2 Å². The Hall–Kier alpha value is -3.22. The van der Waals surface area contributed by atoms with Crippen LogP contribution >= 0.6 is 0 Å². The highest BCUT2D eigenvalue weighted by molar-refractivity contribution is 6.01. The first-order valence-corrected chi connectivity index (χ1v) is 9.22. The molecule has 7 nitrogen and oxygen atoms in total. The van der Waals surface area contributed by atoms with Gasteiger partial charge in [0.15, 0.2) is 11.5 Å². The Morgan fingerprint density at radius 1 is 1.07 bits per heavy atom. The molecule has 0 aliphatic carbocycles. The average Bonchev–Trinajstić information content (AvgIpc) is 3.14. The number of nitrogens with one attached hydrogen (secondary N) is 2. The lowest BCUT2D eigenvalue weighted by Crippen LogP contribution is -2.47. The summed E-state index contributed by atoms with van der Waals surface area (Å²) in [7, 11) is 0. The molecule has 0 spiro atoms. The smallest absolute Gasteiger partial charge is 0.251 e. The molecule has 0 bridgehead atoms. The van der Waals surface area contributed by atoms with E-state index in [0.29, 0.717) is 35.1 Å². The second-order valence-corrected chi connectivity index (χ2v) is 6.71. The number of carbonyl (C=O) groups is 2. The van der Waals surface area contributed by atoms with Crippen molar-refractivity contribution in [1.29, 1.82) is 0 Å². The Bertz CT molecular complexity index is 848. The largest absolute Gasteiger partial charge is 0.494 e. The molecule has 1 aliphatic rings. The number of fused-ring (bicyclic) bond motifs is 1. The van der Waals surface area contributed by atoms with E-state index in [9.17, 15) is 9.59 Å². The Balaban J connectivity index is 1.66. The van der Waals surface area contributed by atoms with Gasteiger partial charge in [-0.05, 0) is 49.2 Å². The Kier molecular flexibility index (Phi) is 6.03. The Labute approximate surface area is 164 Å². The summed E-state index contributed by atoms with van der Waals surface area (Å²) >= 11 is 0. The lowest BCUT2D eigenvalue weighted by Gasteiger charge is -2.22. The van der Waals surface area contributed by atoms with Crippen LogP contribution in [-0.4, -0.2) is 31.3 Å². The normalized spacial score (nSPS) is 13.1. The van der Waals surface area contributed by atoms with Gasteiger partial charge in [-0.3, -0.25) is 9.59 Å². The third-order valence-electron chi connectivity index (χ3n) is 4.30. The van der Waals surface area contributed by atoms with Crippen LogP contribution in [0.2, 0.25) is 0 Å². The van der Waals surface area contributed by atoms with E-state index in [1.54, 1.807) is 42.5 Å². The molecule has 7 heteroatoms. The highest BCUT2D eigenvalue weighted by atomic mass is 16.7. The zero-order valence-electron chi connectivity index (χ0n) is 16.2. The second kappa shape index (κ2) is 8.65. The molecule has 2 amide bonds. The number of ether oxygens (including phenoxy) is 3. The zero-order valence-corrected chi connectivity index (χ0v) is 16.2. The van der Waals surface area contributed by atoms with Gasteiger partial charge in [0.05, 0.1) is 6.61 Å². The first-order valence-electron chi connectivity index (χ1n) is 9.22. The third-order valence-corrected chi connectivity index (χ3v) is 4.30. The molecule has 0 radical (unpaired) electrons. The van der Waals surface area contributed by atoms with Gasteiger partial charge in [0, 0.05) is 17.3 Å². The lowest BCUT2D eigenvalue weighted by atomic mass is 10.0. The van der Waals surface area contributed by atoms with Crippen molar-refractivity contribution in [3.05, 3.63) is 48.0 Å². The Morgan fingerprint density at radius 3 is 2.46 bits per heavy atom. The van der Waals surface area contributed by atoms with E-state index in [4.69, 9.17) is 14.2 Å². The number of hydrogen-bond donors (Lipinski definition) is 2. The molecule has 1 unspecified atom stereocenters. The molecule has 1 atom stereocenters. The van der Waals surface area contributed by atoms with Gasteiger partial charge < -0.3 is 24.8 Å². The van der Waals surface area contributed by atoms with Crippen LogP contribution in [0.15, 0.2) is 42.5 Å². The van der Waals surface area contributed by atoms with E-state index >= 15 is 0 Å². The van der Waals surface area contributed by atoms with Crippen molar-refractivity contribution in [1.82, 2.24) is 5.32 Å². The Morgan fingerprint density at radius 2 is 1.79 bits per heavy atom. The number of rotatable bonds is 7. The molecule has 0 fully saturated rings. The standard InChI is InChI=1S/C21H24N2O5/c1-4-26-16-8-5-14(6-9-16)20(24)23-19(13(2)3)21(25)22-15-7-10-17-18(11-15)28-12-27-17/h5-11,13,19H,4,12H2,1-3H3,(H,22,25)(H,23,24). The minimum Gasteiger partial charge on any atom is -0.494 e. The van der Waals surface area contributed by atoms with Crippen molar-refractivity contribution >= 4 is 17.5 Å². The molecule has 2 aromatic rings. The SMILES string of the molecule is CCOc1ccc(C(=O)NC(C(=O)Nc2ccc3c(c2)OCO3)C(C)C)cc1. The summed E-state index contributed by atoms with van der Waals surface area (Å²) in [6.45, 7) is 6.37. The fourth-order valence-electron chi connectivity index (χ4n) is 2.82. The van der Waals surface area contributed by atoms with E-state index in [-0.39, 0.29) is 24.5 Å². The summed E-state index contributed by atoms with van der Waals surface area (Å²) < 4.78 is 16.0. The van der Waals surface area contributed by atoms with Gasteiger partial charge in [0.2, 0.25) is 12.7 Å². The second-order valence-electron chi connectivity index (χ2n) is 6.71. The van der Waals surface area contributed by atoms with Crippen molar-refractivity contribution in [2.75, 3.05) is 18.7 Å². The maximum atomic E-state index is 12.7. The van der Waals surface area contributed by atoms with E-state index in [1.165, 1.54) is 0 Å². The quantitative estimate of drug-likeness (QED) is 0.766. The maximum Gasteiger partial charge on any atom is 0.251 e. The molecule has 1 heterocycles. The van der Waals surface area contributed by atoms with Gasteiger partial charge in [-0.25, -0.2) is 0 Å². The summed E-state index contributed by atoms with van der Waals surface area (Å²) in [4.78, 5) is 25.3. The molecule has 0 aromatic heterocycles. The summed E-state index contributed by atoms with van der Waals surface area (Å²) in [5.74, 6) is 1.20.